The summed E-state index contributed by atoms with van der Waals surface area (Å²) < 4.78 is 31.2. The van der Waals surface area contributed by atoms with Gasteiger partial charge in [-0.15, -0.1) is 0 Å². The number of nitrogens with one attached hydrogen (secondary N) is 1. The van der Waals surface area contributed by atoms with Crippen LogP contribution in [0.2, 0.25) is 0 Å². The predicted molar refractivity (Wildman–Crippen MR) is 90.3 cm³/mol. The van der Waals surface area contributed by atoms with Crippen LogP contribution >= 0.6 is 0 Å². The summed E-state index contributed by atoms with van der Waals surface area (Å²) in [6.45, 7) is 0. The maximum absolute atomic E-state index is 12.9. The van der Waals surface area contributed by atoms with Crippen molar-refractivity contribution in [3.05, 3.63) is 65.5 Å². The van der Waals surface area contributed by atoms with Crippen LogP contribution < -0.4 is 5.32 Å². The molecular formula is C20H16F2N2O2. The van der Waals surface area contributed by atoms with Gasteiger partial charge >= 0.3 is 6.09 Å². The van der Waals surface area contributed by atoms with Crippen molar-refractivity contribution in [2.24, 2.45) is 5.92 Å². The van der Waals surface area contributed by atoms with Gasteiger partial charge in [0.05, 0.1) is 5.69 Å². The zero-order chi connectivity index (χ0) is 18.1. The second-order valence-electron chi connectivity index (χ2n) is 6.54. The number of hydrogen-bond acceptors (Lipinski definition) is 3. The Labute approximate surface area is 149 Å². The first-order valence-corrected chi connectivity index (χ1v) is 8.39. The molecule has 4 rings (SSSR count). The maximum atomic E-state index is 12.9. The Kier molecular flexibility index (Phi) is 4.08. The third-order valence-corrected chi connectivity index (χ3v) is 4.52. The van der Waals surface area contributed by atoms with E-state index in [2.05, 4.69) is 22.1 Å². The van der Waals surface area contributed by atoms with Crippen molar-refractivity contribution in [1.82, 2.24) is 10.3 Å². The molecule has 1 N–H and O–H groups in total. The highest BCUT2D eigenvalue weighted by Crippen LogP contribution is 2.42. The molecule has 0 spiro atoms. The number of amides is 1. The smallest absolute Gasteiger partial charge is 0.408 e. The number of benzene rings is 1. The number of alkyl halides is 2. The number of cyclic esters (lactones) is 1. The Morgan fingerprint density at radius 1 is 1.12 bits per heavy atom. The summed E-state index contributed by atoms with van der Waals surface area (Å²) in [6, 6.07) is 14.3. The minimum atomic E-state index is -2.58. The first-order chi connectivity index (χ1) is 12.5. The van der Waals surface area contributed by atoms with E-state index in [1.165, 1.54) is 0 Å². The zero-order valence-corrected chi connectivity index (χ0v) is 13.8. The molecule has 1 aromatic carbocycles. The largest absolute Gasteiger partial charge is 0.439 e. The summed E-state index contributed by atoms with van der Waals surface area (Å²) in [5.74, 6) is 2.85. The fraction of sp³-hybridized carbons (Fsp3) is 0.300. The van der Waals surface area contributed by atoms with E-state index in [0.717, 1.165) is 5.56 Å². The van der Waals surface area contributed by atoms with Crippen LogP contribution in [0.15, 0.2) is 48.5 Å². The van der Waals surface area contributed by atoms with Gasteiger partial charge in [-0.25, -0.2) is 18.6 Å². The molecule has 132 valence electrons. The van der Waals surface area contributed by atoms with Crippen molar-refractivity contribution in [3.63, 3.8) is 0 Å². The van der Waals surface area contributed by atoms with Gasteiger partial charge in [0, 0.05) is 18.8 Å². The number of carbonyl (C=O) groups excluding carboxylic acids is 1. The van der Waals surface area contributed by atoms with E-state index in [4.69, 9.17) is 4.74 Å². The molecule has 1 aromatic heterocycles. The second-order valence-corrected chi connectivity index (χ2v) is 6.54. The summed E-state index contributed by atoms with van der Waals surface area (Å²) in [4.78, 5) is 16.2. The van der Waals surface area contributed by atoms with E-state index >= 15 is 0 Å². The van der Waals surface area contributed by atoms with Crippen LogP contribution in [0.25, 0.3) is 0 Å². The predicted octanol–water partition coefficient (Wildman–Crippen LogP) is 4.00. The van der Waals surface area contributed by atoms with Crippen LogP contribution in [0.1, 0.15) is 41.9 Å². The van der Waals surface area contributed by atoms with Gasteiger partial charge in [0.25, 0.3) is 5.92 Å². The highest BCUT2D eigenvalue weighted by atomic mass is 19.3. The van der Waals surface area contributed by atoms with Crippen molar-refractivity contribution in [3.8, 4) is 11.8 Å². The van der Waals surface area contributed by atoms with Crippen LogP contribution in [0.3, 0.4) is 0 Å². The third-order valence-electron chi connectivity index (χ3n) is 4.52. The second kappa shape index (κ2) is 6.41. The monoisotopic (exact) mass is 354 g/mol. The van der Waals surface area contributed by atoms with Gasteiger partial charge in [0.15, 0.2) is 6.10 Å². The zero-order valence-electron chi connectivity index (χ0n) is 13.8. The molecule has 26 heavy (non-hydrogen) atoms. The van der Waals surface area contributed by atoms with Crippen LogP contribution in [0.5, 0.6) is 0 Å². The molecule has 2 unspecified atom stereocenters. The number of nitrogens with zero attached hydrogens (tertiary/aromatic N) is 1. The lowest BCUT2D eigenvalue weighted by atomic mass is 9.82. The molecule has 0 bridgehead atoms. The van der Waals surface area contributed by atoms with Gasteiger partial charge in [-0.1, -0.05) is 42.3 Å². The molecule has 1 aliphatic heterocycles. The Morgan fingerprint density at radius 3 is 2.62 bits per heavy atom. The highest BCUT2D eigenvalue weighted by molar-refractivity contribution is 5.71. The molecule has 2 atom stereocenters. The van der Waals surface area contributed by atoms with Gasteiger partial charge in [-0.3, -0.25) is 0 Å². The molecule has 2 aromatic rings. The van der Waals surface area contributed by atoms with Gasteiger partial charge < -0.3 is 10.1 Å². The molecule has 6 heteroatoms. The number of hydrogen-bond donors (Lipinski definition) is 1. The number of halogens is 2. The number of aromatic nitrogens is 1. The summed E-state index contributed by atoms with van der Waals surface area (Å²) >= 11 is 0. The molecule has 1 amide bonds. The van der Waals surface area contributed by atoms with Crippen molar-refractivity contribution in [1.29, 1.82) is 0 Å². The molecule has 0 radical (unpaired) electrons. The van der Waals surface area contributed by atoms with E-state index in [9.17, 15) is 13.6 Å². The fourth-order valence-electron chi connectivity index (χ4n) is 3.19. The Balaban J connectivity index is 1.56. The number of alkyl carbamates (subject to hydrolysis) is 1. The van der Waals surface area contributed by atoms with E-state index in [1.54, 1.807) is 18.2 Å². The maximum Gasteiger partial charge on any atom is 0.408 e. The van der Waals surface area contributed by atoms with Crippen LogP contribution in [0, 0.1) is 17.8 Å². The average Bonchev–Trinajstić information content (AvgIpc) is 3.01. The Hall–Kier alpha value is -2.94. The number of ether oxygens (including phenoxy) is 1. The molecule has 1 saturated heterocycles. The first-order valence-electron chi connectivity index (χ1n) is 8.39. The van der Waals surface area contributed by atoms with Crippen LogP contribution in [0.4, 0.5) is 13.6 Å². The number of rotatable bonds is 2. The van der Waals surface area contributed by atoms with E-state index in [1.807, 2.05) is 30.3 Å². The number of carbonyl (C=O) groups is 1. The Morgan fingerprint density at radius 2 is 1.88 bits per heavy atom. The van der Waals surface area contributed by atoms with E-state index in [-0.39, 0.29) is 18.8 Å². The van der Waals surface area contributed by atoms with Gasteiger partial charge in [0.2, 0.25) is 0 Å². The topological polar surface area (TPSA) is 51.2 Å². The quantitative estimate of drug-likeness (QED) is 0.830. The van der Waals surface area contributed by atoms with Crippen molar-refractivity contribution < 1.29 is 18.3 Å². The normalized spacial score (nSPS) is 24.0. The van der Waals surface area contributed by atoms with Crippen LogP contribution in [-0.4, -0.2) is 17.0 Å². The SMILES string of the molecule is O=C1NC(c2cccc(C#CC3CC(F)(F)C3)n2)C(c2ccccc2)O1. The number of pyridine rings is 1. The lowest BCUT2D eigenvalue weighted by Crippen LogP contribution is -2.34. The summed E-state index contributed by atoms with van der Waals surface area (Å²) in [7, 11) is 0. The van der Waals surface area contributed by atoms with E-state index < -0.39 is 24.2 Å². The molecule has 1 saturated carbocycles. The molecule has 1 aliphatic carbocycles. The molecular weight excluding hydrogens is 338 g/mol. The van der Waals surface area contributed by atoms with E-state index in [0.29, 0.717) is 11.4 Å². The van der Waals surface area contributed by atoms with Crippen LogP contribution in [-0.2, 0) is 4.74 Å². The molecule has 2 aliphatic rings. The summed E-state index contributed by atoms with van der Waals surface area (Å²) in [5, 5.41) is 2.77. The lowest BCUT2D eigenvalue weighted by molar-refractivity contribution is -0.0936. The third kappa shape index (κ3) is 3.38. The minimum Gasteiger partial charge on any atom is -0.439 e. The molecule has 2 fully saturated rings. The summed E-state index contributed by atoms with van der Waals surface area (Å²) in [5.41, 5.74) is 1.98. The first kappa shape index (κ1) is 16.5. The average molecular weight is 354 g/mol. The fourth-order valence-corrected chi connectivity index (χ4v) is 3.19. The standard InChI is InChI=1S/C20H16F2N2O2/c21-20(22)11-13(12-20)9-10-15-7-4-8-16(23-15)17-18(26-19(25)24-17)14-5-2-1-3-6-14/h1-8,13,17-18H,11-12H2,(H,24,25). The summed E-state index contributed by atoms with van der Waals surface area (Å²) in [6.07, 6.45) is -1.37. The molecule has 4 nitrogen and oxygen atoms in total. The van der Waals surface area contributed by atoms with Crippen molar-refractivity contribution >= 4 is 6.09 Å². The highest BCUT2D eigenvalue weighted by Gasteiger charge is 2.44. The lowest BCUT2D eigenvalue weighted by Gasteiger charge is -2.31. The minimum absolute atomic E-state index is 0.192. The molecule has 2 heterocycles. The van der Waals surface area contributed by atoms with Gasteiger partial charge in [-0.2, -0.15) is 0 Å². The van der Waals surface area contributed by atoms with Crippen molar-refractivity contribution in [2.45, 2.75) is 30.9 Å². The van der Waals surface area contributed by atoms with Gasteiger partial charge in [0.1, 0.15) is 11.7 Å². The Bertz CT molecular complexity index is 881. The van der Waals surface area contributed by atoms with Gasteiger partial charge in [-0.05, 0) is 23.6 Å². The van der Waals surface area contributed by atoms with Crippen molar-refractivity contribution in [2.75, 3.05) is 0 Å².